The van der Waals surface area contributed by atoms with E-state index in [1.165, 1.54) is 0 Å². The van der Waals surface area contributed by atoms with Crippen LogP contribution >= 0.6 is 22.9 Å². The lowest BCUT2D eigenvalue weighted by molar-refractivity contribution is 0.312. The van der Waals surface area contributed by atoms with Crippen molar-refractivity contribution in [3.05, 3.63) is 22.5 Å². The maximum absolute atomic E-state index is 6.33. The Bertz CT molecular complexity index is 729. The molecule has 1 fully saturated rings. The molecule has 1 aromatic heterocycles. The second-order valence-electron chi connectivity index (χ2n) is 6.28. The van der Waals surface area contributed by atoms with E-state index in [-0.39, 0.29) is 0 Å². The second-order valence-corrected chi connectivity index (χ2v) is 7.57. The Morgan fingerprint density at radius 1 is 1.38 bits per heavy atom. The molecule has 0 spiro atoms. The third-order valence-electron chi connectivity index (χ3n) is 4.57. The maximum Gasteiger partial charge on any atom is 0.183 e. The highest BCUT2D eigenvalue weighted by Crippen LogP contribution is 2.43. The summed E-state index contributed by atoms with van der Waals surface area (Å²) in [5.41, 5.74) is 2.92. The van der Waals surface area contributed by atoms with Crippen LogP contribution in [0.5, 0.6) is 5.75 Å². The Labute approximate surface area is 151 Å². The number of fused-ring (bicyclic) bond motifs is 1. The van der Waals surface area contributed by atoms with Crippen LogP contribution in [0, 0.1) is 0 Å². The molecule has 3 heterocycles. The van der Waals surface area contributed by atoms with Gasteiger partial charge in [0, 0.05) is 29.1 Å². The first-order valence-corrected chi connectivity index (χ1v) is 9.57. The van der Waals surface area contributed by atoms with Gasteiger partial charge >= 0.3 is 0 Å². The molecule has 24 heavy (non-hydrogen) atoms. The zero-order chi connectivity index (χ0) is 16.5. The third-order valence-corrected chi connectivity index (χ3v) is 5.56. The summed E-state index contributed by atoms with van der Waals surface area (Å²) >= 11 is 7.97. The molecular formula is C17H21ClN4OS. The lowest BCUT2D eigenvalue weighted by Gasteiger charge is -2.29. The predicted octanol–water partition coefficient (Wildman–Crippen LogP) is 3.46. The van der Waals surface area contributed by atoms with Crippen LogP contribution in [0.1, 0.15) is 12.8 Å². The first kappa shape index (κ1) is 16.0. The highest BCUT2D eigenvalue weighted by atomic mass is 35.5. The van der Waals surface area contributed by atoms with Crippen molar-refractivity contribution in [2.45, 2.75) is 18.9 Å². The molecule has 5 nitrogen and oxygen atoms in total. The van der Waals surface area contributed by atoms with E-state index in [2.05, 4.69) is 28.0 Å². The van der Waals surface area contributed by atoms with Crippen molar-refractivity contribution in [2.24, 2.45) is 0 Å². The fraction of sp³-hybridized carbons (Fsp3) is 0.471. The number of halogens is 1. The molecule has 0 amide bonds. The molecule has 0 saturated carbocycles. The molecule has 128 valence electrons. The summed E-state index contributed by atoms with van der Waals surface area (Å²) in [6, 6.07) is 4.41. The molecule has 0 aliphatic carbocycles. The number of ether oxygens (including phenoxy) is 1. The molecule has 4 rings (SSSR count). The zero-order valence-corrected chi connectivity index (χ0v) is 15.2. The van der Waals surface area contributed by atoms with Gasteiger partial charge in [-0.2, -0.15) is 0 Å². The highest BCUT2D eigenvalue weighted by Gasteiger charge is 2.22. The summed E-state index contributed by atoms with van der Waals surface area (Å²) in [6.07, 6.45) is 2.27. The smallest absolute Gasteiger partial charge is 0.183 e. The topological polar surface area (TPSA) is 49.4 Å². The van der Waals surface area contributed by atoms with Crippen LogP contribution in [0.4, 0.5) is 10.8 Å². The number of hydrogen-bond acceptors (Lipinski definition) is 6. The van der Waals surface area contributed by atoms with Crippen molar-refractivity contribution in [1.82, 2.24) is 10.3 Å². The summed E-state index contributed by atoms with van der Waals surface area (Å²) < 4.78 is 5.93. The molecule has 2 aromatic rings. The zero-order valence-electron chi connectivity index (χ0n) is 13.6. The summed E-state index contributed by atoms with van der Waals surface area (Å²) in [5.74, 6) is 0.881. The average molecular weight is 365 g/mol. The van der Waals surface area contributed by atoms with Gasteiger partial charge in [-0.1, -0.05) is 11.6 Å². The van der Waals surface area contributed by atoms with Crippen LogP contribution in [0.25, 0.3) is 11.3 Å². The fourth-order valence-electron chi connectivity index (χ4n) is 3.21. The lowest BCUT2D eigenvalue weighted by atomic mass is 10.1. The van der Waals surface area contributed by atoms with Crippen molar-refractivity contribution in [1.29, 1.82) is 0 Å². The van der Waals surface area contributed by atoms with Gasteiger partial charge in [0.1, 0.15) is 6.61 Å². The minimum absolute atomic E-state index is 0.501. The summed E-state index contributed by atoms with van der Waals surface area (Å²) in [6.45, 7) is 3.69. The summed E-state index contributed by atoms with van der Waals surface area (Å²) in [4.78, 5) is 6.95. The monoisotopic (exact) mass is 364 g/mol. The van der Waals surface area contributed by atoms with Gasteiger partial charge in [-0.25, -0.2) is 4.98 Å². The van der Waals surface area contributed by atoms with E-state index in [0.29, 0.717) is 17.7 Å². The van der Waals surface area contributed by atoms with Crippen molar-refractivity contribution in [3.63, 3.8) is 0 Å². The molecule has 1 saturated heterocycles. The second kappa shape index (κ2) is 6.78. The molecule has 1 aromatic carbocycles. The van der Waals surface area contributed by atoms with E-state index in [9.17, 15) is 0 Å². The predicted molar refractivity (Wildman–Crippen MR) is 101 cm³/mol. The normalized spacial score (nSPS) is 18.2. The molecule has 0 unspecified atom stereocenters. The first-order chi connectivity index (χ1) is 11.7. The fourth-order valence-corrected chi connectivity index (χ4v) is 4.22. The number of benzene rings is 1. The Hall–Kier alpha value is -1.50. The highest BCUT2D eigenvalue weighted by molar-refractivity contribution is 7.14. The molecular weight excluding hydrogens is 344 g/mol. The molecule has 0 bridgehead atoms. The van der Waals surface area contributed by atoms with Crippen molar-refractivity contribution >= 4 is 33.8 Å². The molecule has 2 N–H and O–H groups in total. The number of nitrogens with one attached hydrogen (secondary N) is 2. The number of hydrogen-bond donors (Lipinski definition) is 2. The summed E-state index contributed by atoms with van der Waals surface area (Å²) in [5, 5.41) is 10.7. The number of nitrogens with zero attached hydrogens (tertiary/aromatic N) is 2. The SMILES string of the molecule is CN1CCOc2c(-c3csc(NC4CCNCC4)n3)cc(Cl)cc21. The Morgan fingerprint density at radius 2 is 2.21 bits per heavy atom. The number of likely N-dealkylation sites (N-methyl/N-ethyl adjacent to an activating group) is 1. The Morgan fingerprint density at radius 3 is 3.04 bits per heavy atom. The molecule has 2 aliphatic heterocycles. The minimum atomic E-state index is 0.501. The average Bonchev–Trinajstić information content (AvgIpc) is 3.04. The van der Waals surface area contributed by atoms with E-state index in [1.807, 2.05) is 12.1 Å². The number of piperidine rings is 1. The standard InChI is InChI=1S/C17H21ClN4OS/c1-22-6-7-23-16-13(8-11(18)9-15(16)22)14-10-24-17(21-14)20-12-2-4-19-5-3-12/h8-10,12,19H,2-7H2,1H3,(H,20,21). The molecule has 0 radical (unpaired) electrons. The summed E-state index contributed by atoms with van der Waals surface area (Å²) in [7, 11) is 2.06. The van der Waals surface area contributed by atoms with Gasteiger partial charge in [-0.05, 0) is 38.1 Å². The van der Waals surface area contributed by atoms with Crippen LogP contribution in [0.2, 0.25) is 5.02 Å². The number of aromatic nitrogens is 1. The van der Waals surface area contributed by atoms with E-state index in [4.69, 9.17) is 21.3 Å². The van der Waals surface area contributed by atoms with Gasteiger partial charge < -0.3 is 20.3 Å². The van der Waals surface area contributed by atoms with Crippen LogP contribution in [0.15, 0.2) is 17.5 Å². The van der Waals surface area contributed by atoms with Crippen LogP contribution in [-0.2, 0) is 0 Å². The van der Waals surface area contributed by atoms with Crippen molar-refractivity contribution in [2.75, 3.05) is 43.5 Å². The van der Waals surface area contributed by atoms with Gasteiger partial charge in [0.25, 0.3) is 0 Å². The molecule has 7 heteroatoms. The van der Waals surface area contributed by atoms with Crippen molar-refractivity contribution in [3.8, 4) is 17.0 Å². The van der Waals surface area contributed by atoms with Crippen molar-refractivity contribution < 1.29 is 4.74 Å². The van der Waals surface area contributed by atoms with Crippen LogP contribution in [0.3, 0.4) is 0 Å². The van der Waals surface area contributed by atoms with E-state index in [0.717, 1.165) is 60.3 Å². The first-order valence-electron chi connectivity index (χ1n) is 8.31. The van der Waals surface area contributed by atoms with E-state index < -0.39 is 0 Å². The van der Waals surface area contributed by atoms with Gasteiger partial charge in [0.15, 0.2) is 10.9 Å². The number of rotatable bonds is 3. The van der Waals surface area contributed by atoms with E-state index >= 15 is 0 Å². The largest absolute Gasteiger partial charge is 0.489 e. The molecule has 2 aliphatic rings. The number of anilines is 2. The van der Waals surface area contributed by atoms with Gasteiger partial charge in [0.05, 0.1) is 17.9 Å². The molecule has 0 atom stereocenters. The Kier molecular flexibility index (Phi) is 4.52. The van der Waals surface area contributed by atoms with E-state index in [1.54, 1.807) is 11.3 Å². The van der Waals surface area contributed by atoms with Gasteiger partial charge in [-0.15, -0.1) is 11.3 Å². The third kappa shape index (κ3) is 3.18. The minimum Gasteiger partial charge on any atom is -0.489 e. The van der Waals surface area contributed by atoms with Crippen LogP contribution < -0.4 is 20.3 Å². The quantitative estimate of drug-likeness (QED) is 0.873. The maximum atomic E-state index is 6.33. The van der Waals surface area contributed by atoms with Gasteiger partial charge in [-0.3, -0.25) is 0 Å². The lowest BCUT2D eigenvalue weighted by Crippen LogP contribution is -2.35. The van der Waals surface area contributed by atoms with Crippen LogP contribution in [-0.4, -0.2) is 44.3 Å². The van der Waals surface area contributed by atoms with Gasteiger partial charge in [0.2, 0.25) is 0 Å². The Balaban J connectivity index is 1.62. The number of thiazole rings is 1.